The lowest BCUT2D eigenvalue weighted by Crippen LogP contribution is -2.46. The Labute approximate surface area is 87.2 Å². The number of hydrogen-bond donors (Lipinski definition) is 1. The Morgan fingerprint density at radius 3 is 3.13 bits per heavy atom. The molecule has 1 aromatic rings. The zero-order valence-electron chi connectivity index (χ0n) is 8.28. The van der Waals surface area contributed by atoms with Gasteiger partial charge in [-0.05, 0) is 6.42 Å². The Balaban J connectivity index is 1.92. The van der Waals surface area contributed by atoms with Crippen LogP contribution in [0.5, 0.6) is 5.75 Å². The van der Waals surface area contributed by atoms with Gasteiger partial charge in [-0.1, -0.05) is 0 Å². The van der Waals surface area contributed by atoms with Crippen LogP contribution in [-0.4, -0.2) is 30.3 Å². The summed E-state index contributed by atoms with van der Waals surface area (Å²) in [5.74, 6) is -0.0204. The first kappa shape index (κ1) is 10.3. The van der Waals surface area contributed by atoms with Crippen molar-refractivity contribution < 1.29 is 13.9 Å². The highest BCUT2D eigenvalue weighted by Gasteiger charge is 2.31. The largest absolute Gasteiger partial charge is 0.490 e. The maximum atomic E-state index is 12.8. The number of pyridine rings is 1. The van der Waals surface area contributed by atoms with E-state index < -0.39 is 11.4 Å². The molecule has 0 bridgehead atoms. The summed E-state index contributed by atoms with van der Waals surface area (Å²) in [6.07, 6.45) is 3.35. The van der Waals surface area contributed by atoms with Crippen LogP contribution < -0.4 is 10.5 Å². The molecule has 0 saturated carbocycles. The predicted molar refractivity (Wildman–Crippen MR) is 52.0 cm³/mol. The number of nitrogens with zero attached hydrogens (tertiary/aromatic N) is 1. The molecule has 2 heterocycles. The lowest BCUT2D eigenvalue weighted by atomic mass is 10.0. The molecule has 2 N–H and O–H groups in total. The van der Waals surface area contributed by atoms with E-state index in [0.29, 0.717) is 25.6 Å². The van der Waals surface area contributed by atoms with Crippen molar-refractivity contribution in [3.63, 3.8) is 0 Å². The summed E-state index contributed by atoms with van der Waals surface area (Å²) < 4.78 is 23.3. The highest BCUT2D eigenvalue weighted by molar-refractivity contribution is 5.17. The average Bonchev–Trinajstić information content (AvgIpc) is 2.63. The van der Waals surface area contributed by atoms with Crippen LogP contribution in [0.2, 0.25) is 0 Å². The summed E-state index contributed by atoms with van der Waals surface area (Å²) in [6, 6.07) is 1.28. The molecule has 0 radical (unpaired) electrons. The number of halogens is 1. The highest BCUT2D eigenvalue weighted by atomic mass is 19.1. The Morgan fingerprint density at radius 1 is 1.60 bits per heavy atom. The Kier molecular flexibility index (Phi) is 2.83. The van der Waals surface area contributed by atoms with Crippen molar-refractivity contribution in [1.82, 2.24) is 4.98 Å². The van der Waals surface area contributed by atoms with Gasteiger partial charge in [-0.2, -0.15) is 0 Å². The van der Waals surface area contributed by atoms with Gasteiger partial charge in [-0.3, -0.25) is 4.98 Å². The molecule has 15 heavy (non-hydrogen) atoms. The summed E-state index contributed by atoms with van der Waals surface area (Å²) in [4.78, 5) is 3.68. The van der Waals surface area contributed by atoms with Crippen LogP contribution in [0.3, 0.4) is 0 Å². The molecule has 1 atom stereocenters. The van der Waals surface area contributed by atoms with E-state index in [4.69, 9.17) is 15.2 Å². The van der Waals surface area contributed by atoms with Crippen molar-refractivity contribution >= 4 is 0 Å². The molecule has 1 unspecified atom stereocenters. The van der Waals surface area contributed by atoms with Crippen LogP contribution in [0.25, 0.3) is 0 Å². The lowest BCUT2D eigenvalue weighted by molar-refractivity contribution is 0.151. The summed E-state index contributed by atoms with van der Waals surface area (Å²) in [5, 5.41) is 0. The zero-order valence-corrected chi connectivity index (χ0v) is 8.28. The van der Waals surface area contributed by atoms with Crippen LogP contribution in [0.15, 0.2) is 18.5 Å². The first-order valence-electron chi connectivity index (χ1n) is 4.78. The van der Waals surface area contributed by atoms with E-state index in [-0.39, 0.29) is 0 Å². The number of hydrogen-bond acceptors (Lipinski definition) is 4. The van der Waals surface area contributed by atoms with Gasteiger partial charge in [0, 0.05) is 12.7 Å². The predicted octanol–water partition coefficient (Wildman–Crippen LogP) is 0.717. The van der Waals surface area contributed by atoms with E-state index in [0.717, 1.165) is 12.6 Å². The monoisotopic (exact) mass is 212 g/mol. The molecule has 0 amide bonds. The molecule has 0 aliphatic carbocycles. The van der Waals surface area contributed by atoms with Crippen molar-refractivity contribution in [3.8, 4) is 5.75 Å². The average molecular weight is 212 g/mol. The van der Waals surface area contributed by atoms with Crippen LogP contribution in [0, 0.1) is 5.82 Å². The maximum Gasteiger partial charge on any atom is 0.145 e. The third kappa shape index (κ3) is 2.64. The van der Waals surface area contributed by atoms with E-state index in [9.17, 15) is 4.39 Å². The molecule has 82 valence electrons. The van der Waals surface area contributed by atoms with Gasteiger partial charge < -0.3 is 15.2 Å². The minimum Gasteiger partial charge on any atom is -0.490 e. The molecule has 0 spiro atoms. The minimum absolute atomic E-state index is 0.318. The van der Waals surface area contributed by atoms with E-state index >= 15 is 0 Å². The van der Waals surface area contributed by atoms with Crippen molar-refractivity contribution in [2.24, 2.45) is 5.73 Å². The highest BCUT2D eigenvalue weighted by Crippen LogP contribution is 2.18. The fourth-order valence-corrected chi connectivity index (χ4v) is 1.44. The van der Waals surface area contributed by atoms with E-state index in [2.05, 4.69) is 4.98 Å². The second-order valence-corrected chi connectivity index (χ2v) is 3.79. The fraction of sp³-hybridized carbons (Fsp3) is 0.500. The van der Waals surface area contributed by atoms with Gasteiger partial charge in [-0.15, -0.1) is 0 Å². The molecule has 0 aromatic carbocycles. The van der Waals surface area contributed by atoms with Crippen LogP contribution in [0.1, 0.15) is 6.42 Å². The number of aromatic nitrogens is 1. The number of nitrogens with two attached hydrogens (primary N) is 1. The molecule has 2 rings (SSSR count). The summed E-state index contributed by atoms with van der Waals surface area (Å²) in [6.45, 7) is 1.45. The minimum atomic E-state index is -0.452. The second kappa shape index (κ2) is 4.12. The van der Waals surface area contributed by atoms with Gasteiger partial charge in [0.25, 0.3) is 0 Å². The van der Waals surface area contributed by atoms with Crippen molar-refractivity contribution in [2.75, 3.05) is 19.8 Å². The Hall–Kier alpha value is -1.20. The van der Waals surface area contributed by atoms with Crippen LogP contribution in [-0.2, 0) is 4.74 Å². The van der Waals surface area contributed by atoms with E-state index in [1.807, 2.05) is 0 Å². The van der Waals surface area contributed by atoms with Crippen molar-refractivity contribution in [1.29, 1.82) is 0 Å². The smallest absolute Gasteiger partial charge is 0.145 e. The van der Waals surface area contributed by atoms with Gasteiger partial charge in [0.15, 0.2) is 0 Å². The van der Waals surface area contributed by atoms with Crippen LogP contribution in [0.4, 0.5) is 4.39 Å². The molecule has 4 nitrogen and oxygen atoms in total. The fourth-order valence-electron chi connectivity index (χ4n) is 1.44. The van der Waals surface area contributed by atoms with Crippen molar-refractivity contribution in [2.45, 2.75) is 12.0 Å². The van der Waals surface area contributed by atoms with Gasteiger partial charge in [0.1, 0.15) is 18.2 Å². The zero-order chi connectivity index (χ0) is 10.7. The van der Waals surface area contributed by atoms with Gasteiger partial charge in [-0.25, -0.2) is 4.39 Å². The normalized spacial score (nSPS) is 25.5. The standard InChI is InChI=1S/C10H13FN2O2/c11-8-3-9(5-13-4-8)15-7-10(12)1-2-14-6-10/h3-5H,1-2,6-7,12H2. The first-order valence-corrected chi connectivity index (χ1v) is 4.78. The molecule has 1 fully saturated rings. The molecular formula is C10H13FN2O2. The molecule has 1 saturated heterocycles. The summed E-state index contributed by atoms with van der Waals surface area (Å²) in [7, 11) is 0. The number of rotatable bonds is 3. The Bertz CT molecular complexity index is 340. The third-order valence-corrected chi connectivity index (χ3v) is 2.34. The van der Waals surface area contributed by atoms with Gasteiger partial charge in [0.2, 0.25) is 0 Å². The SMILES string of the molecule is NC1(COc2cncc(F)c2)CCOC1. The van der Waals surface area contributed by atoms with Gasteiger partial charge >= 0.3 is 0 Å². The first-order chi connectivity index (χ1) is 7.18. The molecule has 1 aliphatic heterocycles. The van der Waals surface area contributed by atoms with Crippen LogP contribution >= 0.6 is 0 Å². The second-order valence-electron chi connectivity index (χ2n) is 3.79. The van der Waals surface area contributed by atoms with Crippen molar-refractivity contribution in [3.05, 3.63) is 24.3 Å². The lowest BCUT2D eigenvalue weighted by Gasteiger charge is -2.21. The Morgan fingerprint density at radius 2 is 2.47 bits per heavy atom. The molecule has 1 aliphatic rings. The van der Waals surface area contributed by atoms with Gasteiger partial charge in [0.05, 0.1) is 24.5 Å². The molecule has 5 heteroatoms. The maximum absolute atomic E-state index is 12.8. The van der Waals surface area contributed by atoms with E-state index in [1.54, 1.807) is 0 Å². The summed E-state index contributed by atoms with van der Waals surface area (Å²) in [5.41, 5.74) is 5.53. The molecular weight excluding hydrogens is 199 g/mol. The topological polar surface area (TPSA) is 57.4 Å². The molecule has 1 aromatic heterocycles. The quantitative estimate of drug-likeness (QED) is 0.802. The summed E-state index contributed by atoms with van der Waals surface area (Å²) >= 11 is 0. The van der Waals surface area contributed by atoms with E-state index in [1.165, 1.54) is 12.3 Å². The third-order valence-electron chi connectivity index (χ3n) is 2.34. The number of ether oxygens (including phenoxy) is 2.